The molecule has 0 heterocycles. The zero-order valence-corrected chi connectivity index (χ0v) is 9.71. The van der Waals surface area contributed by atoms with Gasteiger partial charge in [0, 0.05) is 6.04 Å². The van der Waals surface area contributed by atoms with E-state index in [2.05, 4.69) is 44.9 Å². The maximum Gasteiger partial charge on any atom is 0.00617 e. The van der Waals surface area contributed by atoms with E-state index < -0.39 is 0 Å². The highest BCUT2D eigenvalue weighted by atomic mass is 32.2. The van der Waals surface area contributed by atoms with Gasteiger partial charge in [-0.05, 0) is 37.3 Å². The highest BCUT2D eigenvalue weighted by Gasteiger charge is 2.02. The second kappa shape index (κ2) is 7.93. The fraction of sp³-hybridized carbons (Fsp3) is 1.00. The summed E-state index contributed by atoms with van der Waals surface area (Å²) in [6.45, 7) is 6.77. The Morgan fingerprint density at radius 1 is 1.33 bits per heavy atom. The van der Waals surface area contributed by atoms with E-state index in [1.807, 2.05) is 0 Å². The molecular formula is C10H23NS. The molecule has 0 aromatic rings. The van der Waals surface area contributed by atoms with Crippen LogP contribution in [0, 0.1) is 0 Å². The van der Waals surface area contributed by atoms with Gasteiger partial charge in [-0.1, -0.05) is 20.8 Å². The van der Waals surface area contributed by atoms with Gasteiger partial charge < -0.3 is 5.32 Å². The Bertz CT molecular complexity index is 89.8. The molecule has 0 fully saturated rings. The minimum atomic E-state index is 0.734. The highest BCUT2D eigenvalue weighted by Crippen LogP contribution is 2.12. The molecule has 1 unspecified atom stereocenters. The molecule has 0 amide bonds. The lowest BCUT2D eigenvalue weighted by Crippen LogP contribution is -2.24. The van der Waals surface area contributed by atoms with Gasteiger partial charge in [-0.3, -0.25) is 0 Å². The Morgan fingerprint density at radius 2 is 2.00 bits per heavy atom. The summed E-state index contributed by atoms with van der Waals surface area (Å²) in [5.74, 6) is 1.32. The first-order chi connectivity index (χ1) is 5.70. The molecule has 0 aliphatic heterocycles. The van der Waals surface area contributed by atoms with E-state index in [-0.39, 0.29) is 0 Å². The van der Waals surface area contributed by atoms with Gasteiger partial charge in [0.05, 0.1) is 0 Å². The second-order valence-corrected chi connectivity index (χ2v) is 5.14. The lowest BCUT2D eigenvalue weighted by atomic mass is 10.1. The third kappa shape index (κ3) is 6.99. The SMILES string of the molecule is CCC(CCCSC(C)C)NC. The van der Waals surface area contributed by atoms with Gasteiger partial charge in [-0.25, -0.2) is 0 Å². The predicted molar refractivity (Wildman–Crippen MR) is 60.0 cm³/mol. The third-order valence-electron chi connectivity index (χ3n) is 2.05. The van der Waals surface area contributed by atoms with Crippen molar-refractivity contribution in [2.75, 3.05) is 12.8 Å². The average Bonchev–Trinajstić information content (AvgIpc) is 2.04. The van der Waals surface area contributed by atoms with E-state index in [4.69, 9.17) is 0 Å². The Labute approximate surface area is 81.7 Å². The standard InChI is InChI=1S/C10H23NS/c1-5-10(11-4)7-6-8-12-9(2)3/h9-11H,5-8H2,1-4H3. The van der Waals surface area contributed by atoms with Crippen molar-refractivity contribution in [3.63, 3.8) is 0 Å². The van der Waals surface area contributed by atoms with Gasteiger partial charge in [0.25, 0.3) is 0 Å². The van der Waals surface area contributed by atoms with Crippen molar-refractivity contribution in [2.24, 2.45) is 0 Å². The molecule has 0 radical (unpaired) electrons. The zero-order chi connectivity index (χ0) is 9.40. The summed E-state index contributed by atoms with van der Waals surface area (Å²) in [4.78, 5) is 0. The van der Waals surface area contributed by atoms with Gasteiger partial charge in [0.1, 0.15) is 0 Å². The molecule has 2 heteroatoms. The first kappa shape index (κ1) is 12.3. The van der Waals surface area contributed by atoms with Crippen LogP contribution in [0.25, 0.3) is 0 Å². The molecule has 0 saturated carbocycles. The van der Waals surface area contributed by atoms with Crippen LogP contribution in [0.15, 0.2) is 0 Å². The quantitative estimate of drug-likeness (QED) is 0.618. The van der Waals surface area contributed by atoms with Gasteiger partial charge in [0.15, 0.2) is 0 Å². The normalized spacial score (nSPS) is 13.8. The van der Waals surface area contributed by atoms with Crippen molar-refractivity contribution in [1.82, 2.24) is 5.32 Å². The highest BCUT2D eigenvalue weighted by molar-refractivity contribution is 7.99. The number of rotatable bonds is 7. The molecule has 74 valence electrons. The molecule has 1 N–H and O–H groups in total. The molecule has 1 nitrogen and oxygen atoms in total. The van der Waals surface area contributed by atoms with Crippen LogP contribution in [0.3, 0.4) is 0 Å². The maximum atomic E-state index is 3.33. The molecule has 0 bridgehead atoms. The van der Waals surface area contributed by atoms with E-state index >= 15 is 0 Å². The van der Waals surface area contributed by atoms with E-state index in [1.54, 1.807) is 0 Å². The summed E-state index contributed by atoms with van der Waals surface area (Å²) < 4.78 is 0. The predicted octanol–water partition coefficient (Wildman–Crippen LogP) is 2.91. The van der Waals surface area contributed by atoms with Crippen LogP contribution < -0.4 is 5.32 Å². The largest absolute Gasteiger partial charge is 0.317 e. The molecule has 0 aromatic heterocycles. The van der Waals surface area contributed by atoms with Gasteiger partial charge in [0.2, 0.25) is 0 Å². The minimum Gasteiger partial charge on any atom is -0.317 e. The molecule has 1 atom stereocenters. The Kier molecular flexibility index (Phi) is 8.14. The first-order valence-corrected chi connectivity index (χ1v) is 6.04. The first-order valence-electron chi connectivity index (χ1n) is 4.99. The molecule has 0 rings (SSSR count). The summed E-state index contributed by atoms with van der Waals surface area (Å²) in [7, 11) is 2.06. The smallest absolute Gasteiger partial charge is 0.00617 e. The molecule has 0 aliphatic carbocycles. The lowest BCUT2D eigenvalue weighted by Gasteiger charge is -2.13. The van der Waals surface area contributed by atoms with Crippen LogP contribution in [-0.4, -0.2) is 24.1 Å². The summed E-state index contributed by atoms with van der Waals surface area (Å²) >= 11 is 2.07. The lowest BCUT2D eigenvalue weighted by molar-refractivity contribution is 0.504. The van der Waals surface area contributed by atoms with E-state index in [0.717, 1.165) is 11.3 Å². The van der Waals surface area contributed by atoms with Gasteiger partial charge >= 0.3 is 0 Å². The number of thioether (sulfide) groups is 1. The van der Waals surface area contributed by atoms with Crippen molar-refractivity contribution >= 4 is 11.8 Å². The fourth-order valence-electron chi connectivity index (χ4n) is 1.20. The van der Waals surface area contributed by atoms with E-state index in [1.165, 1.54) is 25.0 Å². The van der Waals surface area contributed by atoms with Crippen LogP contribution in [-0.2, 0) is 0 Å². The topological polar surface area (TPSA) is 12.0 Å². The zero-order valence-electron chi connectivity index (χ0n) is 8.89. The average molecular weight is 189 g/mol. The summed E-state index contributed by atoms with van der Waals surface area (Å²) in [5, 5.41) is 4.12. The third-order valence-corrected chi connectivity index (χ3v) is 3.24. The van der Waals surface area contributed by atoms with Crippen LogP contribution in [0.5, 0.6) is 0 Å². The van der Waals surface area contributed by atoms with Gasteiger partial charge in [-0.2, -0.15) is 11.8 Å². The number of nitrogens with one attached hydrogen (secondary N) is 1. The Morgan fingerprint density at radius 3 is 2.42 bits per heavy atom. The molecular weight excluding hydrogens is 166 g/mol. The number of hydrogen-bond acceptors (Lipinski definition) is 2. The summed E-state index contributed by atoms with van der Waals surface area (Å²) in [6.07, 6.45) is 3.93. The van der Waals surface area contributed by atoms with Crippen LogP contribution in [0.4, 0.5) is 0 Å². The van der Waals surface area contributed by atoms with E-state index in [9.17, 15) is 0 Å². The van der Waals surface area contributed by atoms with Crippen LogP contribution >= 0.6 is 11.8 Å². The van der Waals surface area contributed by atoms with E-state index in [0.29, 0.717) is 0 Å². The monoisotopic (exact) mass is 189 g/mol. The summed E-state index contributed by atoms with van der Waals surface area (Å²) in [6, 6.07) is 0.734. The second-order valence-electron chi connectivity index (χ2n) is 3.46. The molecule has 0 spiro atoms. The van der Waals surface area contributed by atoms with Crippen LogP contribution in [0.1, 0.15) is 40.0 Å². The van der Waals surface area contributed by atoms with Crippen molar-refractivity contribution < 1.29 is 0 Å². The van der Waals surface area contributed by atoms with Crippen molar-refractivity contribution in [3.8, 4) is 0 Å². The molecule has 0 aromatic carbocycles. The minimum absolute atomic E-state index is 0.734. The van der Waals surface area contributed by atoms with Crippen molar-refractivity contribution in [1.29, 1.82) is 0 Å². The Hall–Kier alpha value is 0.310. The Balaban J connectivity index is 3.17. The van der Waals surface area contributed by atoms with Gasteiger partial charge in [-0.15, -0.1) is 0 Å². The van der Waals surface area contributed by atoms with Crippen LogP contribution in [0.2, 0.25) is 0 Å². The fourth-order valence-corrected chi connectivity index (χ4v) is 2.01. The number of hydrogen-bond donors (Lipinski definition) is 1. The molecule has 0 saturated heterocycles. The van der Waals surface area contributed by atoms with Crippen molar-refractivity contribution in [2.45, 2.75) is 51.3 Å². The molecule has 12 heavy (non-hydrogen) atoms. The molecule has 0 aliphatic rings. The van der Waals surface area contributed by atoms with Crippen molar-refractivity contribution in [3.05, 3.63) is 0 Å². The summed E-state index contributed by atoms with van der Waals surface area (Å²) in [5.41, 5.74) is 0. The maximum absolute atomic E-state index is 3.33.